The molecule has 0 radical (unpaired) electrons. The van der Waals surface area contributed by atoms with Gasteiger partial charge in [-0.25, -0.2) is 12.8 Å². The smallest absolute Gasteiger partial charge is 0.243 e. The van der Waals surface area contributed by atoms with Gasteiger partial charge in [-0.3, -0.25) is 0 Å². The van der Waals surface area contributed by atoms with Gasteiger partial charge < -0.3 is 4.74 Å². The molecule has 1 aliphatic rings. The zero-order valence-corrected chi connectivity index (χ0v) is 15.1. The van der Waals surface area contributed by atoms with Crippen LogP contribution in [0, 0.1) is 12.7 Å². The molecule has 1 aromatic carbocycles. The normalized spacial score (nSPS) is 18.4. The average molecular weight is 369 g/mol. The molecule has 4 nitrogen and oxygen atoms in total. The van der Waals surface area contributed by atoms with Crippen LogP contribution in [0.1, 0.15) is 23.3 Å². The van der Waals surface area contributed by atoms with E-state index < -0.39 is 15.8 Å². The van der Waals surface area contributed by atoms with Crippen molar-refractivity contribution >= 4 is 21.4 Å². The highest BCUT2D eigenvalue weighted by Crippen LogP contribution is 2.24. The fourth-order valence-electron chi connectivity index (χ4n) is 2.72. The van der Waals surface area contributed by atoms with E-state index in [1.807, 2.05) is 17.5 Å². The summed E-state index contributed by atoms with van der Waals surface area (Å²) in [7, 11) is -3.78. The fraction of sp³-hybridized carbons (Fsp3) is 0.412. The van der Waals surface area contributed by atoms with E-state index in [0.717, 1.165) is 23.8 Å². The van der Waals surface area contributed by atoms with Gasteiger partial charge in [-0.1, -0.05) is 12.1 Å². The molecule has 0 saturated carbocycles. The van der Waals surface area contributed by atoms with Crippen LogP contribution in [0.15, 0.2) is 40.6 Å². The van der Waals surface area contributed by atoms with Crippen molar-refractivity contribution in [3.05, 3.63) is 52.0 Å². The van der Waals surface area contributed by atoms with E-state index in [-0.39, 0.29) is 24.1 Å². The SMILES string of the molecule is Cc1ccc(S(=O)(=O)N(Cc2cccs2)CC2CCCO2)cc1F. The third-order valence-electron chi connectivity index (χ3n) is 4.12. The quantitative estimate of drug-likeness (QED) is 0.782. The third kappa shape index (κ3) is 3.85. The van der Waals surface area contributed by atoms with Gasteiger partial charge in [0.2, 0.25) is 10.0 Å². The van der Waals surface area contributed by atoms with Crippen molar-refractivity contribution in [2.75, 3.05) is 13.2 Å². The summed E-state index contributed by atoms with van der Waals surface area (Å²) in [5, 5.41) is 1.91. The number of nitrogens with zero attached hydrogens (tertiary/aromatic N) is 1. The van der Waals surface area contributed by atoms with Crippen molar-refractivity contribution in [2.45, 2.75) is 37.3 Å². The standard InChI is InChI=1S/C17H20FNO3S2/c1-13-6-7-16(10-17(13)18)24(20,21)19(11-14-4-2-8-22-14)12-15-5-3-9-23-15/h3,5-7,9-10,14H,2,4,8,11-12H2,1H3. The maximum atomic E-state index is 13.8. The lowest BCUT2D eigenvalue weighted by molar-refractivity contribution is 0.0927. The molecule has 2 heterocycles. The Hall–Kier alpha value is -1.28. The molecular weight excluding hydrogens is 349 g/mol. The second-order valence-electron chi connectivity index (χ2n) is 5.92. The highest BCUT2D eigenvalue weighted by Gasteiger charge is 2.30. The van der Waals surface area contributed by atoms with Crippen LogP contribution >= 0.6 is 11.3 Å². The molecular formula is C17H20FNO3S2. The molecule has 0 bridgehead atoms. The van der Waals surface area contributed by atoms with Crippen LogP contribution in [0.4, 0.5) is 4.39 Å². The van der Waals surface area contributed by atoms with E-state index in [1.165, 1.54) is 27.8 Å². The van der Waals surface area contributed by atoms with Crippen molar-refractivity contribution < 1.29 is 17.5 Å². The first kappa shape index (κ1) is 17.5. The second-order valence-corrected chi connectivity index (χ2v) is 8.89. The van der Waals surface area contributed by atoms with E-state index in [9.17, 15) is 12.8 Å². The van der Waals surface area contributed by atoms with Gasteiger partial charge in [0, 0.05) is 24.6 Å². The Morgan fingerprint density at radius 1 is 1.38 bits per heavy atom. The Morgan fingerprint density at radius 2 is 2.21 bits per heavy atom. The molecule has 0 N–H and O–H groups in total. The van der Waals surface area contributed by atoms with Crippen LogP contribution in [0.3, 0.4) is 0 Å². The lowest BCUT2D eigenvalue weighted by Gasteiger charge is -2.24. The number of benzene rings is 1. The van der Waals surface area contributed by atoms with Gasteiger partial charge in [0.15, 0.2) is 0 Å². The van der Waals surface area contributed by atoms with Crippen molar-refractivity contribution in [3.8, 4) is 0 Å². The Kier molecular flexibility index (Phi) is 5.34. The monoisotopic (exact) mass is 369 g/mol. The van der Waals surface area contributed by atoms with Crippen LogP contribution in [0.2, 0.25) is 0 Å². The summed E-state index contributed by atoms with van der Waals surface area (Å²) < 4.78 is 46.9. The minimum Gasteiger partial charge on any atom is -0.377 e. The molecule has 0 spiro atoms. The molecule has 1 aliphatic heterocycles. The molecule has 0 amide bonds. The van der Waals surface area contributed by atoms with Crippen LogP contribution in [-0.2, 0) is 21.3 Å². The number of hydrogen-bond donors (Lipinski definition) is 0. The summed E-state index contributed by atoms with van der Waals surface area (Å²) in [5.41, 5.74) is 0.429. The highest BCUT2D eigenvalue weighted by molar-refractivity contribution is 7.89. The molecule has 1 fully saturated rings. The number of thiophene rings is 1. The third-order valence-corrected chi connectivity index (χ3v) is 6.79. The van der Waals surface area contributed by atoms with Gasteiger partial charge in [-0.2, -0.15) is 4.31 Å². The van der Waals surface area contributed by atoms with Gasteiger partial charge >= 0.3 is 0 Å². The molecule has 3 rings (SSSR count). The lowest BCUT2D eigenvalue weighted by Crippen LogP contribution is -2.36. The predicted octanol–water partition coefficient (Wildman–Crippen LogP) is 3.57. The molecule has 2 aromatic rings. The first-order valence-electron chi connectivity index (χ1n) is 7.87. The zero-order valence-electron chi connectivity index (χ0n) is 13.4. The number of aryl methyl sites for hydroxylation is 1. The molecule has 7 heteroatoms. The Morgan fingerprint density at radius 3 is 2.83 bits per heavy atom. The summed E-state index contributed by atoms with van der Waals surface area (Å²) in [5.74, 6) is -0.510. The number of halogens is 1. The van der Waals surface area contributed by atoms with E-state index in [1.54, 1.807) is 6.92 Å². The highest BCUT2D eigenvalue weighted by atomic mass is 32.2. The lowest BCUT2D eigenvalue weighted by atomic mass is 10.2. The molecule has 0 aliphatic carbocycles. The molecule has 24 heavy (non-hydrogen) atoms. The minimum atomic E-state index is -3.78. The summed E-state index contributed by atoms with van der Waals surface area (Å²) in [6.45, 7) is 2.84. The Bertz CT molecular complexity index is 784. The maximum Gasteiger partial charge on any atom is 0.243 e. The Labute approximate surface area is 145 Å². The largest absolute Gasteiger partial charge is 0.377 e. The van der Waals surface area contributed by atoms with Crippen molar-refractivity contribution in [1.82, 2.24) is 4.31 Å². The van der Waals surface area contributed by atoms with Gasteiger partial charge in [-0.15, -0.1) is 11.3 Å². The Balaban J connectivity index is 1.90. The molecule has 1 unspecified atom stereocenters. The van der Waals surface area contributed by atoms with Crippen LogP contribution in [0.25, 0.3) is 0 Å². The van der Waals surface area contributed by atoms with Crippen molar-refractivity contribution in [2.24, 2.45) is 0 Å². The summed E-state index contributed by atoms with van der Waals surface area (Å²) in [4.78, 5) is 0.935. The van der Waals surface area contributed by atoms with Gasteiger partial charge in [0.25, 0.3) is 0 Å². The molecule has 1 atom stereocenters. The maximum absolute atomic E-state index is 13.8. The van der Waals surface area contributed by atoms with E-state index in [4.69, 9.17) is 4.74 Å². The minimum absolute atomic E-state index is 0.0137. The number of ether oxygens (including phenoxy) is 1. The van der Waals surface area contributed by atoms with Crippen molar-refractivity contribution in [1.29, 1.82) is 0 Å². The second kappa shape index (κ2) is 7.31. The average Bonchev–Trinajstić information content (AvgIpc) is 3.23. The van der Waals surface area contributed by atoms with Crippen LogP contribution < -0.4 is 0 Å². The first-order chi connectivity index (χ1) is 11.5. The summed E-state index contributed by atoms with van der Waals surface area (Å²) in [6, 6.07) is 7.85. The number of hydrogen-bond acceptors (Lipinski definition) is 4. The number of rotatable bonds is 6. The van der Waals surface area contributed by atoms with E-state index >= 15 is 0 Å². The first-order valence-corrected chi connectivity index (χ1v) is 10.2. The van der Waals surface area contributed by atoms with Gasteiger partial charge in [0.1, 0.15) is 5.82 Å². The van der Waals surface area contributed by atoms with Crippen molar-refractivity contribution in [3.63, 3.8) is 0 Å². The van der Waals surface area contributed by atoms with E-state index in [2.05, 4.69) is 0 Å². The predicted molar refractivity (Wildman–Crippen MR) is 92.0 cm³/mol. The van der Waals surface area contributed by atoms with E-state index in [0.29, 0.717) is 12.2 Å². The summed E-state index contributed by atoms with van der Waals surface area (Å²) >= 11 is 1.51. The molecule has 1 saturated heterocycles. The van der Waals surface area contributed by atoms with Gasteiger partial charge in [0.05, 0.1) is 11.0 Å². The summed E-state index contributed by atoms with van der Waals surface area (Å²) in [6.07, 6.45) is 1.69. The van der Waals surface area contributed by atoms with Crippen LogP contribution in [0.5, 0.6) is 0 Å². The topological polar surface area (TPSA) is 46.6 Å². The van der Waals surface area contributed by atoms with Crippen LogP contribution in [-0.4, -0.2) is 32.0 Å². The molecule has 130 valence electrons. The fourth-order valence-corrected chi connectivity index (χ4v) is 4.99. The van der Waals surface area contributed by atoms with Gasteiger partial charge in [-0.05, 0) is 48.9 Å². The molecule has 1 aromatic heterocycles. The number of sulfonamides is 1. The zero-order chi connectivity index (χ0) is 17.2.